The number of nitrogens with one attached hydrogen (secondary N) is 1. The quantitative estimate of drug-likeness (QED) is 0.745. The molecule has 0 bridgehead atoms. The molecule has 2 aliphatic rings. The minimum absolute atomic E-state index is 0.0311. The first-order valence-corrected chi connectivity index (χ1v) is 6.22. The van der Waals surface area contributed by atoms with Crippen molar-refractivity contribution in [3.8, 4) is 0 Å². The van der Waals surface area contributed by atoms with Gasteiger partial charge in [0.15, 0.2) is 0 Å². The van der Waals surface area contributed by atoms with Crippen LogP contribution in [-0.4, -0.2) is 47.6 Å². The van der Waals surface area contributed by atoms with E-state index >= 15 is 0 Å². The fourth-order valence-electron chi connectivity index (χ4n) is 2.90. The molecule has 5 nitrogen and oxygen atoms in total. The second-order valence-electron chi connectivity index (χ2n) is 5.51. The zero-order valence-electron chi connectivity index (χ0n) is 10.4. The fourth-order valence-corrected chi connectivity index (χ4v) is 2.90. The van der Waals surface area contributed by atoms with Crippen molar-refractivity contribution in [3.05, 3.63) is 0 Å². The summed E-state index contributed by atoms with van der Waals surface area (Å²) in [5, 5.41) is 12.4. The molecule has 2 rings (SSSR count). The molecule has 1 atom stereocenters. The van der Waals surface area contributed by atoms with E-state index in [0.29, 0.717) is 19.6 Å². The van der Waals surface area contributed by atoms with E-state index in [0.717, 1.165) is 12.8 Å². The number of carboxylic acid groups (broad SMARTS) is 1. The third kappa shape index (κ3) is 1.92. The van der Waals surface area contributed by atoms with Gasteiger partial charge < -0.3 is 15.3 Å². The minimum Gasteiger partial charge on any atom is -0.480 e. The summed E-state index contributed by atoms with van der Waals surface area (Å²) in [7, 11) is 0. The summed E-state index contributed by atoms with van der Waals surface area (Å²) >= 11 is 0. The monoisotopic (exact) mass is 240 g/mol. The Balaban J connectivity index is 2.19. The van der Waals surface area contributed by atoms with Gasteiger partial charge in [0.05, 0.1) is 5.41 Å². The van der Waals surface area contributed by atoms with Gasteiger partial charge in [-0.1, -0.05) is 13.8 Å². The van der Waals surface area contributed by atoms with Crippen LogP contribution >= 0.6 is 0 Å². The lowest BCUT2D eigenvalue weighted by atomic mass is 9.73. The van der Waals surface area contributed by atoms with Crippen LogP contribution in [-0.2, 0) is 9.59 Å². The van der Waals surface area contributed by atoms with Crippen LogP contribution in [0.1, 0.15) is 26.7 Å². The van der Waals surface area contributed by atoms with Gasteiger partial charge in [-0.15, -0.1) is 0 Å². The average molecular weight is 240 g/mol. The van der Waals surface area contributed by atoms with Gasteiger partial charge in [0, 0.05) is 19.6 Å². The molecule has 2 aliphatic heterocycles. The Morgan fingerprint density at radius 3 is 2.53 bits per heavy atom. The maximum absolute atomic E-state index is 12.4. The molecule has 0 aromatic rings. The van der Waals surface area contributed by atoms with Crippen LogP contribution in [0, 0.1) is 11.3 Å². The molecule has 0 aromatic heterocycles. The fraction of sp³-hybridized carbons (Fsp3) is 0.833. The lowest BCUT2D eigenvalue weighted by Gasteiger charge is -2.49. The Hall–Kier alpha value is -1.10. The summed E-state index contributed by atoms with van der Waals surface area (Å²) in [6, 6.07) is -0.680. The number of piperidine rings is 1. The number of hydrogen-bond acceptors (Lipinski definition) is 3. The molecule has 0 saturated carbocycles. The lowest BCUT2D eigenvalue weighted by molar-refractivity contribution is -0.163. The van der Waals surface area contributed by atoms with E-state index in [-0.39, 0.29) is 17.2 Å². The van der Waals surface area contributed by atoms with Crippen LogP contribution < -0.4 is 5.32 Å². The molecular formula is C12H20N2O3. The molecule has 0 aliphatic carbocycles. The molecule has 1 spiro atoms. The van der Waals surface area contributed by atoms with E-state index in [2.05, 4.69) is 5.32 Å². The summed E-state index contributed by atoms with van der Waals surface area (Å²) in [6.07, 6.45) is 1.80. The molecule has 17 heavy (non-hydrogen) atoms. The van der Waals surface area contributed by atoms with Gasteiger partial charge in [0.1, 0.15) is 6.04 Å². The maximum Gasteiger partial charge on any atom is 0.326 e. The van der Waals surface area contributed by atoms with E-state index in [1.165, 1.54) is 0 Å². The number of hydrogen-bond donors (Lipinski definition) is 2. The SMILES string of the molecule is CC(C)[C@@H](C(=O)O)N1CCCC2(CNC2)C1=O. The van der Waals surface area contributed by atoms with Crippen LogP contribution in [0.5, 0.6) is 0 Å². The van der Waals surface area contributed by atoms with E-state index in [1.807, 2.05) is 13.8 Å². The van der Waals surface area contributed by atoms with Gasteiger partial charge in [-0.05, 0) is 18.8 Å². The van der Waals surface area contributed by atoms with Crippen molar-refractivity contribution in [1.29, 1.82) is 0 Å². The number of nitrogens with zero attached hydrogens (tertiary/aromatic N) is 1. The molecule has 96 valence electrons. The Labute approximate surface area is 101 Å². The Bertz CT molecular complexity index is 337. The van der Waals surface area contributed by atoms with Crippen molar-refractivity contribution in [1.82, 2.24) is 10.2 Å². The van der Waals surface area contributed by atoms with Crippen LogP contribution in [0.15, 0.2) is 0 Å². The second kappa shape index (κ2) is 4.29. The number of carbonyl (C=O) groups is 2. The summed E-state index contributed by atoms with van der Waals surface area (Å²) in [5.74, 6) is -0.916. The number of likely N-dealkylation sites (tertiary alicyclic amines) is 1. The summed E-state index contributed by atoms with van der Waals surface area (Å²) in [4.78, 5) is 25.3. The van der Waals surface area contributed by atoms with Crippen molar-refractivity contribution in [3.63, 3.8) is 0 Å². The first kappa shape index (κ1) is 12.4. The summed E-state index contributed by atoms with van der Waals surface area (Å²) in [5.41, 5.74) is -0.305. The van der Waals surface area contributed by atoms with Gasteiger partial charge in [0.2, 0.25) is 5.91 Å². The second-order valence-corrected chi connectivity index (χ2v) is 5.51. The van der Waals surface area contributed by atoms with Crippen molar-refractivity contribution in [2.24, 2.45) is 11.3 Å². The highest BCUT2D eigenvalue weighted by Crippen LogP contribution is 2.36. The van der Waals surface area contributed by atoms with Gasteiger partial charge in [-0.25, -0.2) is 4.79 Å². The zero-order valence-corrected chi connectivity index (χ0v) is 10.4. The topological polar surface area (TPSA) is 69.6 Å². The van der Waals surface area contributed by atoms with E-state index < -0.39 is 12.0 Å². The third-order valence-electron chi connectivity index (χ3n) is 3.92. The van der Waals surface area contributed by atoms with E-state index in [1.54, 1.807) is 4.90 Å². The summed E-state index contributed by atoms with van der Waals surface area (Å²) < 4.78 is 0. The highest BCUT2D eigenvalue weighted by atomic mass is 16.4. The standard InChI is InChI=1S/C12H20N2O3/c1-8(2)9(10(15)16)14-5-3-4-12(11(14)17)6-13-7-12/h8-9,13H,3-7H2,1-2H3,(H,15,16)/t9-/m0/s1. The average Bonchev–Trinajstić information content (AvgIpc) is 2.17. The van der Waals surface area contributed by atoms with Crippen LogP contribution in [0.4, 0.5) is 0 Å². The minimum atomic E-state index is -0.891. The molecule has 0 radical (unpaired) electrons. The lowest BCUT2D eigenvalue weighted by Crippen LogP contribution is -2.67. The Morgan fingerprint density at radius 1 is 1.47 bits per heavy atom. The third-order valence-corrected chi connectivity index (χ3v) is 3.92. The molecule has 2 N–H and O–H groups in total. The van der Waals surface area contributed by atoms with Gasteiger partial charge in [-0.3, -0.25) is 4.79 Å². The van der Waals surface area contributed by atoms with Crippen LogP contribution in [0.25, 0.3) is 0 Å². The first-order valence-electron chi connectivity index (χ1n) is 6.22. The zero-order chi connectivity index (χ0) is 12.6. The Morgan fingerprint density at radius 2 is 2.12 bits per heavy atom. The number of rotatable bonds is 3. The predicted molar refractivity (Wildman–Crippen MR) is 62.5 cm³/mol. The predicted octanol–water partition coefficient (Wildman–Crippen LogP) is 0.308. The molecule has 2 heterocycles. The van der Waals surface area contributed by atoms with Gasteiger partial charge in [-0.2, -0.15) is 0 Å². The smallest absolute Gasteiger partial charge is 0.326 e. The Kier molecular flexibility index (Phi) is 3.12. The van der Waals surface area contributed by atoms with Crippen LogP contribution in [0.2, 0.25) is 0 Å². The van der Waals surface area contributed by atoms with E-state index in [9.17, 15) is 14.7 Å². The van der Waals surface area contributed by atoms with Crippen LogP contribution in [0.3, 0.4) is 0 Å². The largest absolute Gasteiger partial charge is 0.480 e. The van der Waals surface area contributed by atoms with Crippen molar-refractivity contribution in [2.75, 3.05) is 19.6 Å². The maximum atomic E-state index is 12.4. The van der Waals surface area contributed by atoms with Gasteiger partial charge >= 0.3 is 5.97 Å². The molecule has 2 fully saturated rings. The molecule has 0 unspecified atom stereocenters. The highest BCUT2D eigenvalue weighted by molar-refractivity contribution is 5.89. The summed E-state index contributed by atoms with van der Waals surface area (Å²) in [6.45, 7) is 5.69. The van der Waals surface area contributed by atoms with Gasteiger partial charge in [0.25, 0.3) is 0 Å². The molecule has 0 aromatic carbocycles. The molecular weight excluding hydrogens is 220 g/mol. The van der Waals surface area contributed by atoms with Crippen molar-refractivity contribution < 1.29 is 14.7 Å². The number of aliphatic carboxylic acids is 1. The molecule has 5 heteroatoms. The van der Waals surface area contributed by atoms with Crippen molar-refractivity contribution in [2.45, 2.75) is 32.7 Å². The number of carboxylic acids is 1. The normalized spacial score (nSPS) is 24.9. The molecule has 2 saturated heterocycles. The molecule has 1 amide bonds. The highest BCUT2D eigenvalue weighted by Gasteiger charge is 2.50. The first-order chi connectivity index (χ1) is 7.98. The number of amides is 1. The number of carbonyl (C=O) groups excluding carboxylic acids is 1. The van der Waals surface area contributed by atoms with E-state index in [4.69, 9.17) is 0 Å². The van der Waals surface area contributed by atoms with Crippen molar-refractivity contribution >= 4 is 11.9 Å².